The zero-order valence-electron chi connectivity index (χ0n) is 25.3. The third-order valence-electron chi connectivity index (χ3n) is 6.97. The molecule has 1 N–H and O–H groups in total. The number of benzene rings is 1. The van der Waals surface area contributed by atoms with Crippen LogP contribution in [-0.2, 0) is 9.37 Å². The number of ether oxygens (including phenoxy) is 2. The molecule has 0 saturated heterocycles. The maximum absolute atomic E-state index is 14.4. The largest absolute Gasteiger partial charge is 0.490 e. The van der Waals surface area contributed by atoms with E-state index in [1.165, 1.54) is 0 Å². The number of rotatable bonds is 25. The summed E-state index contributed by atoms with van der Waals surface area (Å²) >= 11 is 0.253. The molecule has 5 nitrogen and oxygen atoms in total. The highest BCUT2D eigenvalue weighted by Gasteiger charge is 2.93. The van der Waals surface area contributed by atoms with Crippen LogP contribution in [0.1, 0.15) is 71.1 Å². The second kappa shape index (κ2) is 17.9. The van der Waals surface area contributed by atoms with E-state index in [2.05, 4.69) is 21.0 Å². The molecule has 0 atom stereocenters. The summed E-state index contributed by atoms with van der Waals surface area (Å²) in [4.78, 5) is -0.0634. The summed E-state index contributed by atoms with van der Waals surface area (Å²) in [6.45, 7) is -1.18. The van der Waals surface area contributed by atoms with Crippen molar-refractivity contribution in [2.45, 2.75) is 124 Å². The first-order valence-corrected chi connectivity index (χ1v) is 15.1. The van der Waals surface area contributed by atoms with Crippen LogP contribution in [0.2, 0.25) is 0 Å². The van der Waals surface area contributed by atoms with Gasteiger partial charge in [0.1, 0.15) is 0 Å². The summed E-state index contributed by atoms with van der Waals surface area (Å²) in [7, 11) is 0. The monoisotopic (exact) mass is 772 g/mol. The highest BCUT2D eigenvalue weighted by molar-refractivity contribution is 7.94. The van der Waals surface area contributed by atoms with Crippen LogP contribution >= 0.6 is 12.0 Å². The molecule has 0 heterocycles. The van der Waals surface area contributed by atoms with Crippen molar-refractivity contribution in [3.8, 4) is 11.5 Å². The summed E-state index contributed by atoms with van der Waals surface area (Å²) in [6, 6.07) is 2.43. The third-order valence-corrected chi connectivity index (χ3v) is 7.54. The summed E-state index contributed by atoms with van der Waals surface area (Å²) in [5.74, 6) is -56.9. The van der Waals surface area contributed by atoms with Gasteiger partial charge in [0.2, 0.25) is 0 Å². The second-order valence-corrected chi connectivity index (χ2v) is 11.4. The SMILES string of the molecule is CCCCCCCCCCCCOc1cc(SOOO)ccc1OCC(F)(F)C(F)(F)C(F)(F)C(F)(F)C(F)(F)C(F)(F)C(F)(F)C(F)F. The van der Waals surface area contributed by atoms with E-state index < -0.39 is 66.0 Å². The molecule has 0 aliphatic heterocycles. The van der Waals surface area contributed by atoms with Crippen LogP contribution in [0.3, 0.4) is 0 Å². The lowest BCUT2D eigenvalue weighted by Crippen LogP contribution is -2.74. The fourth-order valence-electron chi connectivity index (χ4n) is 4.02. The van der Waals surface area contributed by atoms with Crippen molar-refractivity contribution in [3.05, 3.63) is 18.2 Å². The topological polar surface area (TPSA) is 57.2 Å². The summed E-state index contributed by atoms with van der Waals surface area (Å²) in [5, 5.41) is 11.6. The molecule has 1 rings (SSSR count). The van der Waals surface area contributed by atoms with Crippen LogP contribution < -0.4 is 9.47 Å². The Morgan fingerprint density at radius 3 is 1.57 bits per heavy atom. The lowest BCUT2D eigenvalue weighted by molar-refractivity contribution is -0.447. The van der Waals surface area contributed by atoms with E-state index >= 15 is 0 Å². The molecule has 0 radical (unpaired) electrons. The Morgan fingerprint density at radius 2 is 1.08 bits per heavy atom. The van der Waals surface area contributed by atoms with Crippen LogP contribution in [0.4, 0.5) is 70.2 Å². The molecular formula is C27H32F16O5S. The lowest BCUT2D eigenvalue weighted by atomic mass is 9.89. The normalized spacial score (nSPS) is 14.1. The molecule has 0 spiro atoms. The van der Waals surface area contributed by atoms with Gasteiger partial charge >= 0.3 is 47.9 Å². The first-order chi connectivity index (χ1) is 22.4. The van der Waals surface area contributed by atoms with Crippen molar-refractivity contribution in [2.24, 2.45) is 0 Å². The zero-order chi connectivity index (χ0) is 38.0. The smallest absolute Gasteiger partial charge is 0.385 e. The summed E-state index contributed by atoms with van der Waals surface area (Å²) in [5.41, 5.74) is 0. The van der Waals surface area contributed by atoms with Crippen LogP contribution in [0, 0.1) is 0 Å². The van der Waals surface area contributed by atoms with Gasteiger partial charge in [-0.3, -0.25) is 0 Å². The van der Waals surface area contributed by atoms with Gasteiger partial charge in [-0.15, -0.1) is 4.33 Å². The van der Waals surface area contributed by atoms with Gasteiger partial charge in [-0.25, -0.2) is 14.0 Å². The first kappa shape index (κ1) is 45.0. The third kappa shape index (κ3) is 10.0. The highest BCUT2D eigenvalue weighted by atomic mass is 32.2. The minimum absolute atomic E-state index is 0.0634. The van der Waals surface area contributed by atoms with E-state index in [9.17, 15) is 70.2 Å². The van der Waals surface area contributed by atoms with E-state index in [0.717, 1.165) is 63.5 Å². The molecule has 0 amide bonds. The van der Waals surface area contributed by atoms with Crippen molar-refractivity contribution in [2.75, 3.05) is 13.2 Å². The fraction of sp³-hybridized carbons (Fsp3) is 0.778. The van der Waals surface area contributed by atoms with Crippen LogP contribution in [-0.4, -0.2) is 66.4 Å². The molecule has 0 saturated carbocycles. The minimum Gasteiger partial charge on any atom is -0.490 e. The van der Waals surface area contributed by atoms with Gasteiger partial charge in [0, 0.05) is 4.90 Å². The van der Waals surface area contributed by atoms with Gasteiger partial charge in [-0.1, -0.05) is 69.7 Å². The maximum Gasteiger partial charge on any atom is 0.385 e. The fourth-order valence-corrected chi connectivity index (χ4v) is 4.41. The standard InChI is InChI=1S/C27H32F16O5S/c1-2-3-4-5-6-7-8-9-10-11-14-45-19-15-17(49-48-47-44)12-13-18(19)46-16-21(30,31)23(34,35)25(38,39)27(42,43)26(40,41)24(36,37)22(32,33)20(28)29/h12-13,15,20,44H,2-11,14,16H2,1H3. The van der Waals surface area contributed by atoms with Gasteiger partial charge < -0.3 is 9.47 Å². The van der Waals surface area contributed by atoms with Crippen LogP contribution in [0.25, 0.3) is 0 Å². The van der Waals surface area contributed by atoms with E-state index in [4.69, 9.17) is 9.99 Å². The van der Waals surface area contributed by atoms with Gasteiger partial charge in [0.15, 0.2) is 18.1 Å². The number of hydrogen-bond acceptors (Lipinski definition) is 6. The number of halogens is 16. The van der Waals surface area contributed by atoms with E-state index in [-0.39, 0.29) is 23.5 Å². The molecule has 49 heavy (non-hydrogen) atoms. The predicted molar refractivity (Wildman–Crippen MR) is 141 cm³/mol. The van der Waals surface area contributed by atoms with E-state index in [1.807, 2.05) is 0 Å². The van der Waals surface area contributed by atoms with Crippen molar-refractivity contribution in [1.82, 2.24) is 0 Å². The summed E-state index contributed by atoms with van der Waals surface area (Å²) in [6.07, 6.45) is 3.00. The van der Waals surface area contributed by atoms with Gasteiger partial charge in [0.05, 0.1) is 18.6 Å². The Labute approximate surface area is 273 Å². The Hall–Kier alpha value is -2.07. The predicted octanol–water partition coefficient (Wildman–Crippen LogP) is 11.5. The second-order valence-electron chi connectivity index (χ2n) is 10.7. The molecule has 0 aromatic heterocycles. The molecule has 1 aromatic rings. The van der Waals surface area contributed by atoms with Crippen molar-refractivity contribution in [3.63, 3.8) is 0 Å². The number of unbranched alkanes of at least 4 members (excludes halogenated alkanes) is 9. The van der Waals surface area contributed by atoms with Crippen LogP contribution in [0.15, 0.2) is 23.1 Å². The molecule has 0 fully saturated rings. The Bertz CT molecular complexity index is 1140. The lowest BCUT2D eigenvalue weighted by Gasteiger charge is -2.42. The Kier molecular flexibility index (Phi) is 16.4. The summed E-state index contributed by atoms with van der Waals surface area (Å²) < 4.78 is 232. The first-order valence-electron chi connectivity index (χ1n) is 14.4. The van der Waals surface area contributed by atoms with Gasteiger partial charge in [-0.2, -0.15) is 61.5 Å². The van der Waals surface area contributed by atoms with Gasteiger partial charge in [-0.05, 0) is 24.6 Å². The van der Waals surface area contributed by atoms with Crippen LogP contribution in [0.5, 0.6) is 11.5 Å². The molecule has 0 aliphatic rings. The molecule has 1 aromatic carbocycles. The average Bonchev–Trinajstić information content (AvgIpc) is 3.01. The zero-order valence-corrected chi connectivity index (χ0v) is 26.1. The van der Waals surface area contributed by atoms with E-state index in [1.54, 1.807) is 0 Å². The highest BCUT2D eigenvalue weighted by Crippen LogP contribution is 2.62. The quantitative estimate of drug-likeness (QED) is 0.0351. The molecule has 0 aliphatic carbocycles. The number of hydrogen-bond donors (Lipinski definition) is 1. The Morgan fingerprint density at radius 1 is 0.612 bits per heavy atom. The van der Waals surface area contributed by atoms with Crippen molar-refractivity contribution >= 4 is 12.0 Å². The molecule has 22 heteroatoms. The Balaban J connectivity index is 3.14. The minimum atomic E-state index is -8.49. The maximum atomic E-state index is 14.4. The van der Waals surface area contributed by atoms with Crippen molar-refractivity contribution in [1.29, 1.82) is 0 Å². The molecule has 288 valence electrons. The number of alkyl halides is 16. The molecule has 0 unspecified atom stereocenters. The molecular weight excluding hydrogens is 740 g/mol. The molecule has 0 bridgehead atoms. The van der Waals surface area contributed by atoms with Crippen molar-refractivity contribution < 1.29 is 94.3 Å². The average molecular weight is 773 g/mol. The van der Waals surface area contributed by atoms with E-state index in [0.29, 0.717) is 18.9 Å². The van der Waals surface area contributed by atoms with Gasteiger partial charge in [0.25, 0.3) is 0 Å².